The van der Waals surface area contributed by atoms with Crippen molar-refractivity contribution in [3.8, 4) is 11.4 Å². The molecule has 0 fully saturated rings. The second kappa shape index (κ2) is 7.85. The second-order valence-corrected chi connectivity index (χ2v) is 7.22. The molecule has 0 aliphatic rings. The van der Waals surface area contributed by atoms with Crippen LogP contribution in [0.1, 0.15) is 6.92 Å². The van der Waals surface area contributed by atoms with Gasteiger partial charge >= 0.3 is 0 Å². The first-order valence-corrected chi connectivity index (χ1v) is 9.97. The number of imidazole rings is 1. The number of benzene rings is 2. The van der Waals surface area contributed by atoms with Crippen molar-refractivity contribution in [3.05, 3.63) is 54.9 Å². The summed E-state index contributed by atoms with van der Waals surface area (Å²) in [5.41, 5.74) is 3.66. The number of hydrogen-bond acceptors (Lipinski definition) is 5. The van der Waals surface area contributed by atoms with Crippen LogP contribution < -0.4 is 5.32 Å². The molecule has 8 heteroatoms. The first-order valence-electron chi connectivity index (χ1n) is 8.98. The van der Waals surface area contributed by atoms with Crippen molar-refractivity contribution < 1.29 is 4.79 Å². The molecule has 0 spiro atoms. The fraction of sp³-hybridized carbons (Fsp3) is 0.200. The molecule has 0 bridgehead atoms. The van der Waals surface area contributed by atoms with Gasteiger partial charge in [-0.2, -0.15) is 0 Å². The van der Waals surface area contributed by atoms with Gasteiger partial charge in [0.05, 0.1) is 23.1 Å². The molecular weight excluding hydrogens is 372 g/mol. The molecule has 2 aromatic heterocycles. The Bertz CT molecular complexity index is 1120. The van der Waals surface area contributed by atoms with E-state index in [1.807, 2.05) is 71.6 Å². The Morgan fingerprint density at radius 1 is 1.11 bits per heavy atom. The lowest BCUT2D eigenvalue weighted by Crippen LogP contribution is -2.14. The molecule has 0 saturated carbocycles. The number of nitrogens with zero attached hydrogens (tertiary/aromatic N) is 5. The van der Waals surface area contributed by atoms with Gasteiger partial charge in [0.1, 0.15) is 0 Å². The Morgan fingerprint density at radius 2 is 1.93 bits per heavy atom. The fourth-order valence-electron chi connectivity index (χ4n) is 3.07. The number of thioether (sulfide) groups is 1. The van der Waals surface area contributed by atoms with Gasteiger partial charge in [0.25, 0.3) is 0 Å². The monoisotopic (exact) mass is 392 g/mol. The van der Waals surface area contributed by atoms with Gasteiger partial charge in [-0.15, -0.1) is 10.2 Å². The Labute approximate surface area is 166 Å². The molecular formula is C20H20N6OS. The number of aromatic nitrogens is 5. The van der Waals surface area contributed by atoms with E-state index < -0.39 is 0 Å². The number of para-hydroxylation sites is 2. The average Bonchev–Trinajstić information content (AvgIpc) is 3.30. The van der Waals surface area contributed by atoms with Crippen molar-refractivity contribution in [1.29, 1.82) is 0 Å². The highest BCUT2D eigenvalue weighted by molar-refractivity contribution is 7.99. The number of hydrogen-bond donors (Lipinski definition) is 1. The number of carbonyl (C=O) groups is 1. The predicted octanol–water partition coefficient (Wildman–Crippen LogP) is 3.58. The van der Waals surface area contributed by atoms with E-state index in [0.29, 0.717) is 11.7 Å². The third kappa shape index (κ3) is 3.50. The molecule has 4 aromatic rings. The van der Waals surface area contributed by atoms with E-state index in [1.54, 1.807) is 6.33 Å². The van der Waals surface area contributed by atoms with E-state index in [9.17, 15) is 4.79 Å². The molecule has 0 unspecified atom stereocenters. The van der Waals surface area contributed by atoms with Gasteiger partial charge in [0.15, 0.2) is 11.0 Å². The summed E-state index contributed by atoms with van der Waals surface area (Å²) in [7, 11) is 1.97. The van der Waals surface area contributed by atoms with Crippen molar-refractivity contribution in [1.82, 2.24) is 24.3 Å². The predicted molar refractivity (Wildman–Crippen MR) is 111 cm³/mol. The molecule has 2 aromatic carbocycles. The third-order valence-electron chi connectivity index (χ3n) is 4.42. The van der Waals surface area contributed by atoms with Crippen LogP contribution in [0.4, 0.5) is 5.69 Å². The van der Waals surface area contributed by atoms with Crippen molar-refractivity contribution >= 4 is 34.4 Å². The molecule has 0 radical (unpaired) electrons. The Kier molecular flexibility index (Phi) is 5.12. The van der Waals surface area contributed by atoms with Gasteiger partial charge in [-0.3, -0.25) is 4.79 Å². The Hall–Kier alpha value is -3.13. The smallest absolute Gasteiger partial charge is 0.234 e. The third-order valence-corrected chi connectivity index (χ3v) is 5.39. The lowest BCUT2D eigenvalue weighted by atomic mass is 10.1. The van der Waals surface area contributed by atoms with Crippen LogP contribution in [-0.2, 0) is 18.4 Å². The van der Waals surface area contributed by atoms with E-state index in [2.05, 4.69) is 20.5 Å². The first kappa shape index (κ1) is 18.2. The number of amides is 1. The fourth-order valence-corrected chi connectivity index (χ4v) is 3.87. The summed E-state index contributed by atoms with van der Waals surface area (Å²) in [4.78, 5) is 16.7. The van der Waals surface area contributed by atoms with Crippen LogP contribution in [0.15, 0.2) is 60.0 Å². The SMILES string of the molecule is CCn1c(SCC(=O)Nc2ccccc2)nnc1-c1cccc2c1ncn2C. The minimum Gasteiger partial charge on any atom is -0.334 e. The van der Waals surface area contributed by atoms with Gasteiger partial charge in [0.2, 0.25) is 5.91 Å². The van der Waals surface area contributed by atoms with E-state index in [1.165, 1.54) is 11.8 Å². The molecule has 1 amide bonds. The summed E-state index contributed by atoms with van der Waals surface area (Å²) in [6.45, 7) is 2.74. The number of anilines is 1. The number of aryl methyl sites for hydroxylation is 1. The highest BCUT2D eigenvalue weighted by atomic mass is 32.2. The van der Waals surface area contributed by atoms with E-state index in [0.717, 1.165) is 28.1 Å². The zero-order chi connectivity index (χ0) is 19.5. The number of fused-ring (bicyclic) bond motifs is 1. The molecule has 0 saturated heterocycles. The molecule has 28 heavy (non-hydrogen) atoms. The van der Waals surface area contributed by atoms with Crippen LogP contribution in [0.25, 0.3) is 22.4 Å². The van der Waals surface area contributed by atoms with Crippen LogP contribution in [0, 0.1) is 0 Å². The van der Waals surface area contributed by atoms with Gasteiger partial charge in [-0.1, -0.05) is 36.0 Å². The van der Waals surface area contributed by atoms with Crippen LogP contribution in [0.5, 0.6) is 0 Å². The maximum absolute atomic E-state index is 12.2. The first-order chi connectivity index (χ1) is 13.7. The summed E-state index contributed by atoms with van der Waals surface area (Å²) in [6, 6.07) is 15.4. The standard InChI is InChI=1S/C20H20N6OS/c1-3-26-19(15-10-7-11-16-18(15)21-13-25(16)2)23-24-20(26)28-12-17(27)22-14-8-5-4-6-9-14/h4-11,13H,3,12H2,1-2H3,(H,22,27). The molecule has 142 valence electrons. The Morgan fingerprint density at radius 3 is 2.71 bits per heavy atom. The normalized spacial score (nSPS) is 11.1. The highest BCUT2D eigenvalue weighted by Crippen LogP contribution is 2.29. The van der Waals surface area contributed by atoms with Crippen LogP contribution >= 0.6 is 11.8 Å². The van der Waals surface area contributed by atoms with E-state index in [4.69, 9.17) is 0 Å². The summed E-state index contributed by atoms with van der Waals surface area (Å²) in [5, 5.41) is 12.3. The van der Waals surface area contributed by atoms with E-state index >= 15 is 0 Å². The zero-order valence-electron chi connectivity index (χ0n) is 15.7. The lowest BCUT2D eigenvalue weighted by molar-refractivity contribution is -0.113. The molecule has 2 heterocycles. The van der Waals surface area contributed by atoms with Crippen molar-refractivity contribution in [2.75, 3.05) is 11.1 Å². The molecule has 0 aliphatic heterocycles. The maximum atomic E-state index is 12.2. The summed E-state index contributed by atoms with van der Waals surface area (Å²) < 4.78 is 4.00. The highest BCUT2D eigenvalue weighted by Gasteiger charge is 2.17. The van der Waals surface area contributed by atoms with Gasteiger partial charge in [-0.25, -0.2) is 4.98 Å². The summed E-state index contributed by atoms with van der Waals surface area (Å²) >= 11 is 1.38. The molecule has 0 atom stereocenters. The van der Waals surface area contributed by atoms with Crippen LogP contribution in [0.3, 0.4) is 0 Å². The van der Waals surface area contributed by atoms with Crippen molar-refractivity contribution in [2.45, 2.75) is 18.6 Å². The average molecular weight is 392 g/mol. The molecule has 1 N–H and O–H groups in total. The van der Waals surface area contributed by atoms with Crippen molar-refractivity contribution in [2.24, 2.45) is 7.05 Å². The summed E-state index contributed by atoms with van der Waals surface area (Å²) in [6.07, 6.45) is 1.80. The molecule has 0 aliphatic carbocycles. The zero-order valence-corrected chi connectivity index (χ0v) is 16.5. The topological polar surface area (TPSA) is 77.6 Å². The van der Waals surface area contributed by atoms with Crippen molar-refractivity contribution in [3.63, 3.8) is 0 Å². The minimum atomic E-state index is -0.0739. The second-order valence-electron chi connectivity index (χ2n) is 6.28. The van der Waals surface area contributed by atoms with Crippen LogP contribution in [0.2, 0.25) is 0 Å². The largest absolute Gasteiger partial charge is 0.334 e. The van der Waals surface area contributed by atoms with Gasteiger partial charge < -0.3 is 14.5 Å². The summed E-state index contributed by atoms with van der Waals surface area (Å²) in [5.74, 6) is 0.953. The van der Waals surface area contributed by atoms with E-state index in [-0.39, 0.29) is 11.7 Å². The quantitative estimate of drug-likeness (QED) is 0.508. The minimum absolute atomic E-state index is 0.0739. The molecule has 7 nitrogen and oxygen atoms in total. The van der Waals surface area contributed by atoms with Crippen LogP contribution in [-0.4, -0.2) is 36.0 Å². The lowest BCUT2D eigenvalue weighted by Gasteiger charge is -2.08. The van der Waals surface area contributed by atoms with Gasteiger partial charge in [-0.05, 0) is 31.2 Å². The number of nitrogens with one attached hydrogen (secondary N) is 1. The molecule has 4 rings (SSSR count). The Balaban J connectivity index is 1.55. The van der Waals surface area contributed by atoms with Gasteiger partial charge in [0, 0.05) is 24.8 Å². The maximum Gasteiger partial charge on any atom is 0.234 e. The number of carbonyl (C=O) groups excluding carboxylic acids is 1. The number of rotatable bonds is 6.